The van der Waals surface area contributed by atoms with Crippen molar-refractivity contribution in [2.75, 3.05) is 0 Å². The highest BCUT2D eigenvalue weighted by molar-refractivity contribution is 6.31. The van der Waals surface area contributed by atoms with Crippen molar-refractivity contribution >= 4 is 40.3 Å². The van der Waals surface area contributed by atoms with Crippen molar-refractivity contribution in [3.8, 4) is 0 Å². The largest absolute Gasteiger partial charge is 0.335 e. The maximum atomic E-state index is 12.8. The van der Waals surface area contributed by atoms with Crippen LogP contribution >= 0.6 is 23.2 Å². The number of fused-ring (bicyclic) bond motifs is 1. The summed E-state index contributed by atoms with van der Waals surface area (Å²) in [6.45, 7) is 1.97. The van der Waals surface area contributed by atoms with Crippen LogP contribution < -0.4 is 11.2 Å². The van der Waals surface area contributed by atoms with Crippen molar-refractivity contribution in [2.24, 2.45) is 0 Å². The fourth-order valence-corrected chi connectivity index (χ4v) is 2.85. The van der Waals surface area contributed by atoms with E-state index in [9.17, 15) is 9.59 Å². The summed E-state index contributed by atoms with van der Waals surface area (Å²) in [4.78, 5) is 25.5. The number of hydrogen-bond acceptors (Lipinski definition) is 2. The van der Waals surface area contributed by atoms with Crippen LogP contribution in [0.4, 0.5) is 0 Å². The number of benzene rings is 2. The molecule has 0 unspecified atom stereocenters. The summed E-state index contributed by atoms with van der Waals surface area (Å²) in [5.74, 6) is 0. The molecule has 0 radical (unpaired) electrons. The van der Waals surface area contributed by atoms with Gasteiger partial charge in [0, 0.05) is 16.2 Å². The van der Waals surface area contributed by atoms with E-state index in [1.165, 1.54) is 9.13 Å². The van der Waals surface area contributed by atoms with Gasteiger partial charge in [-0.3, -0.25) is 13.9 Å². The van der Waals surface area contributed by atoms with Crippen LogP contribution in [0.15, 0.2) is 58.1 Å². The molecule has 2 aromatic carbocycles. The molecule has 0 aliphatic rings. The second-order valence-corrected chi connectivity index (χ2v) is 6.19. The first-order valence-electron chi connectivity index (χ1n) is 7.33. The minimum Gasteiger partial charge on any atom is -0.269 e. The Morgan fingerprint density at radius 1 is 1.00 bits per heavy atom. The lowest BCUT2D eigenvalue weighted by Gasteiger charge is -2.11. The van der Waals surface area contributed by atoms with Gasteiger partial charge in [0.05, 0.1) is 17.4 Å². The molecule has 6 heteroatoms. The Balaban J connectivity index is 2.28. The maximum Gasteiger partial charge on any atom is 0.335 e. The highest BCUT2D eigenvalue weighted by atomic mass is 35.5. The summed E-state index contributed by atoms with van der Waals surface area (Å²) in [5, 5.41) is 1.51. The zero-order valence-corrected chi connectivity index (χ0v) is 14.4. The molecule has 0 fully saturated rings. The van der Waals surface area contributed by atoms with Crippen LogP contribution in [-0.2, 0) is 6.54 Å². The average Bonchev–Trinajstić information content (AvgIpc) is 2.57. The van der Waals surface area contributed by atoms with E-state index in [4.69, 9.17) is 23.2 Å². The summed E-state index contributed by atoms with van der Waals surface area (Å²) in [6, 6.07) is 11.9. The van der Waals surface area contributed by atoms with Gasteiger partial charge in [-0.15, -0.1) is 0 Å². The molecular weight excluding hydrogens is 347 g/mol. The summed E-state index contributed by atoms with van der Waals surface area (Å²) in [6.07, 6.45) is 3.36. The third-order valence-electron chi connectivity index (χ3n) is 3.68. The standard InChI is InChI=1S/C18H14Cl2N2O2/c1-2-9-21-16-10-14(20)7-8-15(16)17(23)22(18(21)24)11-12-3-5-13(19)6-4-12/h2-10H,11H2,1H3. The smallest absolute Gasteiger partial charge is 0.269 e. The van der Waals surface area contributed by atoms with E-state index in [2.05, 4.69) is 0 Å². The molecule has 3 aromatic rings. The van der Waals surface area contributed by atoms with E-state index in [0.717, 1.165) is 5.56 Å². The predicted molar refractivity (Wildman–Crippen MR) is 99.0 cm³/mol. The highest BCUT2D eigenvalue weighted by Crippen LogP contribution is 2.16. The summed E-state index contributed by atoms with van der Waals surface area (Å²) < 4.78 is 2.64. The zero-order chi connectivity index (χ0) is 17.3. The van der Waals surface area contributed by atoms with E-state index in [-0.39, 0.29) is 12.1 Å². The molecule has 122 valence electrons. The Morgan fingerprint density at radius 2 is 1.67 bits per heavy atom. The molecule has 1 aromatic heterocycles. The van der Waals surface area contributed by atoms with Crippen LogP contribution in [0.1, 0.15) is 12.5 Å². The second kappa shape index (κ2) is 6.67. The summed E-state index contributed by atoms with van der Waals surface area (Å²) in [7, 11) is 0. The summed E-state index contributed by atoms with van der Waals surface area (Å²) in [5.41, 5.74) is 0.548. The van der Waals surface area contributed by atoms with Crippen molar-refractivity contribution in [1.29, 1.82) is 0 Å². The van der Waals surface area contributed by atoms with E-state index < -0.39 is 5.69 Å². The Kier molecular flexibility index (Phi) is 4.60. The third-order valence-corrected chi connectivity index (χ3v) is 4.17. The molecule has 1 heterocycles. The van der Waals surface area contributed by atoms with Gasteiger partial charge in [-0.1, -0.05) is 41.4 Å². The molecular formula is C18H14Cl2N2O2. The summed E-state index contributed by atoms with van der Waals surface area (Å²) >= 11 is 11.9. The van der Waals surface area contributed by atoms with E-state index in [0.29, 0.717) is 20.9 Å². The molecule has 0 saturated heterocycles. The van der Waals surface area contributed by atoms with Gasteiger partial charge in [0.25, 0.3) is 5.56 Å². The van der Waals surface area contributed by atoms with Gasteiger partial charge >= 0.3 is 5.69 Å². The van der Waals surface area contributed by atoms with Crippen LogP contribution in [0.3, 0.4) is 0 Å². The maximum absolute atomic E-state index is 12.8. The van der Waals surface area contributed by atoms with Crippen LogP contribution in [0.2, 0.25) is 10.0 Å². The van der Waals surface area contributed by atoms with E-state index in [1.54, 1.807) is 61.7 Å². The lowest BCUT2D eigenvalue weighted by Crippen LogP contribution is -2.38. The van der Waals surface area contributed by atoms with Crippen LogP contribution in [0.5, 0.6) is 0 Å². The van der Waals surface area contributed by atoms with Crippen molar-refractivity contribution in [1.82, 2.24) is 9.13 Å². The number of allylic oxidation sites excluding steroid dienone is 1. The van der Waals surface area contributed by atoms with Crippen molar-refractivity contribution in [2.45, 2.75) is 13.5 Å². The molecule has 0 N–H and O–H groups in total. The first kappa shape index (κ1) is 16.6. The Bertz CT molecular complexity index is 1050. The molecule has 0 amide bonds. The monoisotopic (exact) mass is 360 g/mol. The topological polar surface area (TPSA) is 44.0 Å². The van der Waals surface area contributed by atoms with Gasteiger partial charge in [-0.05, 0) is 42.8 Å². The molecule has 4 nitrogen and oxygen atoms in total. The molecule has 0 bridgehead atoms. The van der Waals surface area contributed by atoms with Gasteiger partial charge in [-0.2, -0.15) is 0 Å². The van der Waals surface area contributed by atoms with Crippen molar-refractivity contribution < 1.29 is 0 Å². The Labute approximate surface area is 148 Å². The molecule has 3 rings (SSSR count). The quantitative estimate of drug-likeness (QED) is 0.708. The first-order chi connectivity index (χ1) is 11.5. The number of hydrogen-bond donors (Lipinski definition) is 0. The molecule has 0 atom stereocenters. The van der Waals surface area contributed by atoms with Crippen LogP contribution in [0, 0.1) is 0 Å². The van der Waals surface area contributed by atoms with Gasteiger partial charge < -0.3 is 0 Å². The highest BCUT2D eigenvalue weighted by Gasteiger charge is 2.12. The van der Waals surface area contributed by atoms with E-state index >= 15 is 0 Å². The SMILES string of the molecule is CC=Cn1c(=O)n(Cc2ccc(Cl)cc2)c(=O)c2ccc(Cl)cc21. The second-order valence-electron chi connectivity index (χ2n) is 5.31. The number of aromatic nitrogens is 2. The fourth-order valence-electron chi connectivity index (χ4n) is 2.56. The third kappa shape index (κ3) is 3.03. The fraction of sp³-hybridized carbons (Fsp3) is 0.111. The van der Waals surface area contributed by atoms with Gasteiger partial charge in [0.2, 0.25) is 0 Å². The minimum atomic E-state index is -0.414. The molecule has 24 heavy (non-hydrogen) atoms. The number of halogens is 2. The first-order valence-corrected chi connectivity index (χ1v) is 8.08. The van der Waals surface area contributed by atoms with E-state index in [1.807, 2.05) is 0 Å². The lowest BCUT2D eigenvalue weighted by atomic mass is 10.2. The lowest BCUT2D eigenvalue weighted by molar-refractivity contribution is 0.693. The molecule has 0 saturated carbocycles. The van der Waals surface area contributed by atoms with Gasteiger partial charge in [0.1, 0.15) is 0 Å². The normalized spacial score (nSPS) is 11.5. The average molecular weight is 361 g/mol. The molecule has 0 spiro atoms. The predicted octanol–water partition coefficient (Wildman–Crippen LogP) is 4.01. The molecule has 0 aliphatic heterocycles. The minimum absolute atomic E-state index is 0.172. The molecule has 0 aliphatic carbocycles. The van der Waals surface area contributed by atoms with Crippen LogP contribution in [-0.4, -0.2) is 9.13 Å². The van der Waals surface area contributed by atoms with Crippen molar-refractivity contribution in [3.63, 3.8) is 0 Å². The number of nitrogens with zero attached hydrogens (tertiary/aromatic N) is 2. The zero-order valence-electron chi connectivity index (χ0n) is 12.9. The van der Waals surface area contributed by atoms with Crippen molar-refractivity contribution in [3.05, 3.63) is 85.0 Å². The van der Waals surface area contributed by atoms with Gasteiger partial charge in [0.15, 0.2) is 0 Å². The van der Waals surface area contributed by atoms with Gasteiger partial charge in [-0.25, -0.2) is 4.79 Å². The van der Waals surface area contributed by atoms with Crippen LogP contribution in [0.25, 0.3) is 17.1 Å². The Hall–Kier alpha value is -2.30. The number of rotatable bonds is 3. The Morgan fingerprint density at radius 3 is 2.33 bits per heavy atom.